The van der Waals surface area contributed by atoms with E-state index >= 15 is 0 Å². The highest BCUT2D eigenvalue weighted by Gasteiger charge is 2.25. The van der Waals surface area contributed by atoms with Crippen molar-refractivity contribution in [2.75, 3.05) is 4.43 Å². The van der Waals surface area contributed by atoms with Crippen LogP contribution in [-0.4, -0.2) is 15.5 Å². The predicted octanol–water partition coefficient (Wildman–Crippen LogP) is 6.83. The molecule has 2 unspecified atom stereocenters. The molecule has 0 fully saturated rings. The molecule has 1 N–H and O–H groups in total. The molecule has 0 aliphatic heterocycles. The summed E-state index contributed by atoms with van der Waals surface area (Å²) in [5, 5.41) is 9.56. The van der Waals surface area contributed by atoms with Crippen LogP contribution >= 0.6 is 22.6 Å². The maximum Gasteiger partial charge on any atom is 0.311 e. The third kappa shape index (κ3) is 9.05. The molecule has 3 heteroatoms. The van der Waals surface area contributed by atoms with Gasteiger partial charge in [0.05, 0.1) is 5.92 Å². The second kappa shape index (κ2) is 13.7. The fourth-order valence-corrected chi connectivity index (χ4v) is 3.88. The maximum absolute atomic E-state index is 11.6. The fraction of sp³-hybridized carbons (Fsp3) is 0.667. The Bertz CT molecular complexity index is 433. The van der Waals surface area contributed by atoms with E-state index in [4.69, 9.17) is 0 Å². The Hall–Kier alpha value is -0.580. The van der Waals surface area contributed by atoms with E-state index in [1.165, 1.54) is 55.8 Å². The van der Waals surface area contributed by atoms with Crippen molar-refractivity contribution >= 4 is 28.6 Å². The first-order chi connectivity index (χ1) is 11.7. The average molecular weight is 444 g/mol. The average Bonchev–Trinajstić information content (AvgIpc) is 2.57. The normalized spacial score (nSPS) is 13.6. The zero-order chi connectivity index (χ0) is 17.6. The molecule has 0 saturated heterocycles. The fourth-order valence-electron chi connectivity index (χ4n) is 3.34. The lowest BCUT2D eigenvalue weighted by atomic mass is 9.84. The van der Waals surface area contributed by atoms with Gasteiger partial charge in [0.1, 0.15) is 0 Å². The third-order valence-electron chi connectivity index (χ3n) is 4.79. The van der Waals surface area contributed by atoms with Gasteiger partial charge in [-0.05, 0) is 28.8 Å². The molecular formula is C21H33IO2. The molecule has 0 amide bonds. The summed E-state index contributed by atoms with van der Waals surface area (Å²) in [6.07, 6.45) is 12.9. The van der Waals surface area contributed by atoms with Crippen LogP contribution in [0.2, 0.25) is 0 Å². The zero-order valence-corrected chi connectivity index (χ0v) is 17.2. The van der Waals surface area contributed by atoms with Gasteiger partial charge in [0, 0.05) is 0 Å². The minimum absolute atomic E-state index is 0.193. The minimum atomic E-state index is -0.694. The van der Waals surface area contributed by atoms with E-state index in [1.807, 2.05) is 30.3 Å². The first-order valence-electron chi connectivity index (χ1n) is 9.50. The SMILES string of the molecule is CC(CCCCCCCCCCCI)C(C(=O)O)c1ccccc1. The summed E-state index contributed by atoms with van der Waals surface area (Å²) < 4.78 is 1.29. The van der Waals surface area contributed by atoms with Crippen LogP contribution in [0.15, 0.2) is 30.3 Å². The van der Waals surface area contributed by atoms with Crippen LogP contribution in [0.4, 0.5) is 0 Å². The predicted molar refractivity (Wildman–Crippen MR) is 111 cm³/mol. The van der Waals surface area contributed by atoms with Crippen molar-refractivity contribution in [3.05, 3.63) is 35.9 Å². The summed E-state index contributed by atoms with van der Waals surface area (Å²) >= 11 is 2.45. The molecule has 0 bridgehead atoms. The number of hydrogen-bond acceptors (Lipinski definition) is 1. The van der Waals surface area contributed by atoms with Gasteiger partial charge in [-0.15, -0.1) is 0 Å². The molecule has 1 rings (SSSR count). The van der Waals surface area contributed by atoms with E-state index in [-0.39, 0.29) is 11.8 Å². The van der Waals surface area contributed by atoms with Crippen molar-refractivity contribution in [3.63, 3.8) is 0 Å². The van der Waals surface area contributed by atoms with Crippen molar-refractivity contribution in [2.24, 2.45) is 5.92 Å². The summed E-state index contributed by atoms with van der Waals surface area (Å²) in [5.74, 6) is -0.873. The van der Waals surface area contributed by atoms with E-state index in [0.717, 1.165) is 18.4 Å². The first-order valence-corrected chi connectivity index (χ1v) is 11.0. The zero-order valence-electron chi connectivity index (χ0n) is 15.1. The molecule has 0 heterocycles. The lowest BCUT2D eigenvalue weighted by Gasteiger charge is -2.20. The van der Waals surface area contributed by atoms with Crippen LogP contribution < -0.4 is 0 Å². The molecule has 1 aromatic carbocycles. The van der Waals surface area contributed by atoms with Gasteiger partial charge >= 0.3 is 5.97 Å². The molecular weight excluding hydrogens is 411 g/mol. The Morgan fingerprint density at radius 1 is 0.917 bits per heavy atom. The molecule has 0 saturated carbocycles. The Morgan fingerprint density at radius 3 is 1.92 bits per heavy atom. The molecule has 2 nitrogen and oxygen atoms in total. The lowest BCUT2D eigenvalue weighted by Crippen LogP contribution is -2.19. The van der Waals surface area contributed by atoms with Crippen molar-refractivity contribution < 1.29 is 9.90 Å². The molecule has 2 atom stereocenters. The Morgan fingerprint density at radius 2 is 1.42 bits per heavy atom. The summed E-state index contributed by atoms with van der Waals surface area (Å²) in [5.41, 5.74) is 0.934. The van der Waals surface area contributed by atoms with E-state index in [9.17, 15) is 9.90 Å². The van der Waals surface area contributed by atoms with Crippen molar-refractivity contribution in [1.29, 1.82) is 0 Å². The number of hydrogen-bond donors (Lipinski definition) is 1. The van der Waals surface area contributed by atoms with E-state index in [1.54, 1.807) is 0 Å². The number of aliphatic carboxylic acids is 1. The summed E-state index contributed by atoms with van der Waals surface area (Å²) in [6.45, 7) is 2.08. The Kier molecular flexibility index (Phi) is 12.2. The number of alkyl halides is 1. The standard InChI is InChI=1S/C21H33IO2/c1-18(20(21(23)24)19-15-11-9-12-16-19)14-10-7-5-3-2-4-6-8-13-17-22/h9,11-12,15-16,18,20H,2-8,10,13-14,17H2,1H3,(H,23,24). The number of rotatable bonds is 14. The Labute approximate surface area is 161 Å². The van der Waals surface area contributed by atoms with Crippen LogP contribution in [-0.2, 0) is 4.79 Å². The van der Waals surface area contributed by atoms with Crippen LogP contribution in [0.1, 0.15) is 82.6 Å². The van der Waals surface area contributed by atoms with Gasteiger partial charge in [0.15, 0.2) is 0 Å². The van der Waals surface area contributed by atoms with Crippen molar-refractivity contribution in [1.82, 2.24) is 0 Å². The monoisotopic (exact) mass is 444 g/mol. The highest BCUT2D eigenvalue weighted by molar-refractivity contribution is 14.1. The van der Waals surface area contributed by atoms with Crippen molar-refractivity contribution in [3.8, 4) is 0 Å². The van der Waals surface area contributed by atoms with Gasteiger partial charge in [-0.25, -0.2) is 0 Å². The van der Waals surface area contributed by atoms with Gasteiger partial charge in [0.25, 0.3) is 0 Å². The molecule has 0 aliphatic rings. The number of carbonyl (C=O) groups is 1. The Balaban J connectivity index is 2.16. The molecule has 0 radical (unpaired) electrons. The number of unbranched alkanes of at least 4 members (excludes halogenated alkanes) is 8. The van der Waals surface area contributed by atoms with E-state index < -0.39 is 5.97 Å². The third-order valence-corrected chi connectivity index (χ3v) is 5.55. The van der Waals surface area contributed by atoms with Gasteiger partial charge in [-0.2, -0.15) is 0 Å². The topological polar surface area (TPSA) is 37.3 Å². The molecule has 136 valence electrons. The molecule has 0 spiro atoms. The van der Waals surface area contributed by atoms with E-state index in [2.05, 4.69) is 29.5 Å². The van der Waals surface area contributed by atoms with Crippen LogP contribution in [0.3, 0.4) is 0 Å². The van der Waals surface area contributed by atoms with Gasteiger partial charge in [-0.3, -0.25) is 4.79 Å². The largest absolute Gasteiger partial charge is 0.481 e. The lowest BCUT2D eigenvalue weighted by molar-refractivity contribution is -0.140. The first kappa shape index (κ1) is 21.5. The van der Waals surface area contributed by atoms with Crippen LogP contribution in [0.5, 0.6) is 0 Å². The molecule has 0 aromatic heterocycles. The van der Waals surface area contributed by atoms with Crippen LogP contribution in [0, 0.1) is 5.92 Å². The second-order valence-electron chi connectivity index (χ2n) is 6.86. The minimum Gasteiger partial charge on any atom is -0.481 e. The number of benzene rings is 1. The number of carboxylic acids is 1. The van der Waals surface area contributed by atoms with Gasteiger partial charge < -0.3 is 5.11 Å². The second-order valence-corrected chi connectivity index (χ2v) is 7.94. The smallest absolute Gasteiger partial charge is 0.311 e. The van der Waals surface area contributed by atoms with Gasteiger partial charge in [-0.1, -0.05) is 111 Å². The number of carboxylic acid groups (broad SMARTS) is 1. The summed E-state index contributed by atoms with van der Waals surface area (Å²) in [6, 6.07) is 9.67. The highest BCUT2D eigenvalue weighted by Crippen LogP contribution is 2.29. The summed E-state index contributed by atoms with van der Waals surface area (Å²) in [7, 11) is 0. The molecule has 24 heavy (non-hydrogen) atoms. The van der Waals surface area contributed by atoms with Crippen molar-refractivity contribution in [2.45, 2.75) is 77.0 Å². The highest BCUT2D eigenvalue weighted by atomic mass is 127. The molecule has 1 aromatic rings. The maximum atomic E-state index is 11.6. The van der Waals surface area contributed by atoms with E-state index in [0.29, 0.717) is 0 Å². The quantitative estimate of drug-likeness (QED) is 0.194. The van der Waals surface area contributed by atoms with Crippen LogP contribution in [0.25, 0.3) is 0 Å². The summed E-state index contributed by atoms with van der Waals surface area (Å²) in [4.78, 5) is 11.6. The number of halogens is 1. The van der Waals surface area contributed by atoms with Gasteiger partial charge in [0.2, 0.25) is 0 Å². The molecule has 0 aliphatic carbocycles.